The zero-order valence-electron chi connectivity index (χ0n) is 9.25. The lowest BCUT2D eigenvalue weighted by Gasteiger charge is -2.10. The molecule has 1 nitrogen and oxygen atoms in total. The number of fused-ring (bicyclic) bond motifs is 1. The highest BCUT2D eigenvalue weighted by Gasteiger charge is 2.07. The molecule has 1 heterocycles. The first-order valence-corrected chi connectivity index (χ1v) is 5.26. The number of nitrogens with zero attached hydrogens (tertiary/aromatic N) is 1. The van der Waals surface area contributed by atoms with Crippen LogP contribution in [0.1, 0.15) is 25.1 Å². The Hall–Kier alpha value is -1.63. The van der Waals surface area contributed by atoms with E-state index in [0.29, 0.717) is 0 Å². The Balaban J connectivity index is 2.85. The van der Waals surface area contributed by atoms with Gasteiger partial charge >= 0.3 is 0 Å². The molecule has 2 aromatic rings. The number of aromatic nitrogens is 1. The number of aryl methyl sites for hydroxylation is 1. The lowest BCUT2D eigenvalue weighted by molar-refractivity contribution is 1.04. The average molecular weight is 197 g/mol. The van der Waals surface area contributed by atoms with Crippen molar-refractivity contribution in [3.8, 4) is 0 Å². The first-order valence-electron chi connectivity index (χ1n) is 5.26. The fourth-order valence-corrected chi connectivity index (χ4v) is 1.95. The summed E-state index contributed by atoms with van der Waals surface area (Å²) in [7, 11) is 0. The minimum atomic E-state index is 0.951. The van der Waals surface area contributed by atoms with E-state index in [0.717, 1.165) is 17.7 Å². The van der Waals surface area contributed by atoms with Crippen molar-refractivity contribution in [2.45, 2.75) is 20.3 Å². The number of hydrogen-bond donors (Lipinski definition) is 0. The van der Waals surface area contributed by atoms with Gasteiger partial charge in [-0.05, 0) is 24.3 Å². The van der Waals surface area contributed by atoms with E-state index in [9.17, 15) is 0 Å². The quantitative estimate of drug-likeness (QED) is 0.713. The van der Waals surface area contributed by atoms with E-state index in [4.69, 9.17) is 0 Å². The highest BCUT2D eigenvalue weighted by Crippen LogP contribution is 2.26. The van der Waals surface area contributed by atoms with Gasteiger partial charge in [-0.25, -0.2) is 0 Å². The third kappa shape index (κ3) is 1.65. The summed E-state index contributed by atoms with van der Waals surface area (Å²) in [6.07, 6.45) is 2.90. The van der Waals surface area contributed by atoms with Gasteiger partial charge in [-0.2, -0.15) is 0 Å². The van der Waals surface area contributed by atoms with Crippen LogP contribution in [0.2, 0.25) is 0 Å². The average Bonchev–Trinajstić information content (AvgIpc) is 2.27. The largest absolute Gasteiger partial charge is 0.260 e. The molecule has 0 unspecified atom stereocenters. The summed E-state index contributed by atoms with van der Waals surface area (Å²) >= 11 is 0. The maximum absolute atomic E-state index is 4.49. The molecule has 15 heavy (non-hydrogen) atoms. The molecule has 0 aliphatic heterocycles. The Morgan fingerprint density at radius 2 is 2.07 bits per heavy atom. The molecular formula is C14H15N. The Kier molecular flexibility index (Phi) is 2.55. The molecule has 0 bridgehead atoms. The van der Waals surface area contributed by atoms with Crippen LogP contribution in [-0.4, -0.2) is 4.98 Å². The van der Waals surface area contributed by atoms with Crippen LogP contribution in [0.5, 0.6) is 0 Å². The van der Waals surface area contributed by atoms with Gasteiger partial charge in [-0.1, -0.05) is 37.8 Å². The summed E-state index contributed by atoms with van der Waals surface area (Å²) < 4.78 is 0. The predicted octanol–water partition coefficient (Wildman–Crippen LogP) is 3.83. The van der Waals surface area contributed by atoms with Crippen molar-refractivity contribution < 1.29 is 0 Å². The molecule has 0 amide bonds. The number of benzene rings is 1. The molecule has 1 heteroatoms. The van der Waals surface area contributed by atoms with E-state index in [-0.39, 0.29) is 0 Å². The fraction of sp³-hybridized carbons (Fsp3) is 0.214. The van der Waals surface area contributed by atoms with Crippen LogP contribution in [0.15, 0.2) is 37.0 Å². The summed E-state index contributed by atoms with van der Waals surface area (Å²) in [4.78, 5) is 4.49. The third-order valence-electron chi connectivity index (χ3n) is 2.64. The SMILES string of the molecule is C=C(C)c1c(CC)ncc2ccccc12. The second-order valence-corrected chi connectivity index (χ2v) is 3.80. The molecule has 0 aliphatic rings. The molecule has 0 atom stereocenters. The molecule has 0 N–H and O–H groups in total. The monoisotopic (exact) mass is 197 g/mol. The third-order valence-corrected chi connectivity index (χ3v) is 2.64. The summed E-state index contributed by atoms with van der Waals surface area (Å²) in [6.45, 7) is 8.22. The molecule has 0 fully saturated rings. The van der Waals surface area contributed by atoms with Gasteiger partial charge in [0.1, 0.15) is 0 Å². The van der Waals surface area contributed by atoms with Crippen LogP contribution in [0.4, 0.5) is 0 Å². The van der Waals surface area contributed by atoms with Gasteiger partial charge in [-0.3, -0.25) is 4.98 Å². The molecule has 1 aromatic carbocycles. The lowest BCUT2D eigenvalue weighted by atomic mass is 9.98. The van der Waals surface area contributed by atoms with E-state index in [1.54, 1.807) is 0 Å². The summed E-state index contributed by atoms with van der Waals surface area (Å²) in [5.41, 5.74) is 3.45. The van der Waals surface area contributed by atoms with Gasteiger partial charge in [0.05, 0.1) is 0 Å². The van der Waals surface area contributed by atoms with Gasteiger partial charge < -0.3 is 0 Å². The van der Waals surface area contributed by atoms with E-state index in [1.165, 1.54) is 16.3 Å². The van der Waals surface area contributed by atoms with Gasteiger partial charge in [0.2, 0.25) is 0 Å². The van der Waals surface area contributed by atoms with Crippen molar-refractivity contribution >= 4 is 16.3 Å². The van der Waals surface area contributed by atoms with Crippen LogP contribution < -0.4 is 0 Å². The van der Waals surface area contributed by atoms with Crippen LogP contribution in [-0.2, 0) is 6.42 Å². The zero-order valence-corrected chi connectivity index (χ0v) is 9.25. The predicted molar refractivity (Wildman–Crippen MR) is 65.8 cm³/mol. The Morgan fingerprint density at radius 3 is 2.73 bits per heavy atom. The van der Waals surface area contributed by atoms with Crippen molar-refractivity contribution in [3.63, 3.8) is 0 Å². The number of rotatable bonds is 2. The molecule has 0 spiro atoms. The minimum absolute atomic E-state index is 0.951. The summed E-state index contributed by atoms with van der Waals surface area (Å²) in [5.74, 6) is 0. The molecule has 2 rings (SSSR count). The normalized spacial score (nSPS) is 10.5. The van der Waals surface area contributed by atoms with Crippen LogP contribution in [0.3, 0.4) is 0 Å². The van der Waals surface area contributed by atoms with E-state index >= 15 is 0 Å². The standard InChI is InChI=1S/C14H15N/c1-4-13-14(10(2)3)12-8-6-5-7-11(12)9-15-13/h5-9H,2,4H2,1,3H3. The number of allylic oxidation sites excluding steroid dienone is 1. The highest BCUT2D eigenvalue weighted by molar-refractivity contribution is 5.93. The van der Waals surface area contributed by atoms with Gasteiger partial charge in [0, 0.05) is 22.8 Å². The molecular weight excluding hydrogens is 182 g/mol. The zero-order chi connectivity index (χ0) is 10.8. The smallest absolute Gasteiger partial charge is 0.0482 e. The van der Waals surface area contributed by atoms with Crippen LogP contribution >= 0.6 is 0 Å². The molecule has 0 radical (unpaired) electrons. The van der Waals surface area contributed by atoms with Crippen LogP contribution in [0, 0.1) is 0 Å². The van der Waals surface area contributed by atoms with Crippen molar-refractivity contribution in [2.24, 2.45) is 0 Å². The van der Waals surface area contributed by atoms with E-state index < -0.39 is 0 Å². The molecule has 0 saturated carbocycles. The minimum Gasteiger partial charge on any atom is -0.260 e. The lowest BCUT2D eigenvalue weighted by Crippen LogP contribution is -1.95. The maximum atomic E-state index is 4.49. The van der Waals surface area contributed by atoms with Gasteiger partial charge in [0.15, 0.2) is 0 Å². The Bertz CT molecular complexity index is 512. The highest BCUT2D eigenvalue weighted by atomic mass is 14.7. The van der Waals surface area contributed by atoms with E-state index in [1.807, 2.05) is 19.2 Å². The maximum Gasteiger partial charge on any atom is 0.0482 e. The summed E-state index contributed by atoms with van der Waals surface area (Å²) in [6, 6.07) is 8.33. The first kappa shape index (κ1) is 9.91. The first-order chi connectivity index (χ1) is 7.24. The molecule has 0 saturated heterocycles. The Labute approximate surface area is 90.5 Å². The topological polar surface area (TPSA) is 12.9 Å². The van der Waals surface area contributed by atoms with Gasteiger partial charge in [-0.15, -0.1) is 0 Å². The molecule has 76 valence electrons. The van der Waals surface area contributed by atoms with Crippen molar-refractivity contribution in [3.05, 3.63) is 48.3 Å². The number of hydrogen-bond acceptors (Lipinski definition) is 1. The number of pyridine rings is 1. The summed E-state index contributed by atoms with van der Waals surface area (Å²) in [5, 5.41) is 2.45. The Morgan fingerprint density at radius 1 is 1.33 bits per heavy atom. The molecule has 0 aliphatic carbocycles. The van der Waals surface area contributed by atoms with Gasteiger partial charge in [0.25, 0.3) is 0 Å². The second-order valence-electron chi connectivity index (χ2n) is 3.80. The van der Waals surface area contributed by atoms with E-state index in [2.05, 4.69) is 36.7 Å². The van der Waals surface area contributed by atoms with Crippen molar-refractivity contribution in [1.29, 1.82) is 0 Å². The van der Waals surface area contributed by atoms with Crippen molar-refractivity contribution in [2.75, 3.05) is 0 Å². The fourth-order valence-electron chi connectivity index (χ4n) is 1.95. The second kappa shape index (κ2) is 3.85. The molecule has 1 aromatic heterocycles. The van der Waals surface area contributed by atoms with Crippen LogP contribution in [0.25, 0.3) is 16.3 Å². The van der Waals surface area contributed by atoms with Crippen molar-refractivity contribution in [1.82, 2.24) is 4.98 Å².